The quantitative estimate of drug-likeness (QED) is 0.622. The fraction of sp³-hybridized carbons (Fsp3) is 0.778. The van der Waals surface area contributed by atoms with Crippen LogP contribution >= 0.6 is 0 Å². The molecule has 78 valence electrons. The highest BCUT2D eigenvalue weighted by molar-refractivity contribution is 5.12. The van der Waals surface area contributed by atoms with Gasteiger partial charge >= 0.3 is 5.69 Å². The lowest BCUT2D eigenvalue weighted by Crippen LogP contribution is -2.36. The molecule has 1 atom stereocenters. The number of aromatic amines is 2. The Morgan fingerprint density at radius 1 is 1.50 bits per heavy atom. The van der Waals surface area contributed by atoms with Crippen LogP contribution in [0.2, 0.25) is 0 Å². The Morgan fingerprint density at radius 3 is 2.71 bits per heavy atom. The molecule has 3 N–H and O–H groups in total. The van der Waals surface area contributed by atoms with Gasteiger partial charge in [-0.15, -0.1) is 0 Å². The first-order valence-corrected chi connectivity index (χ1v) is 5.01. The third-order valence-corrected chi connectivity index (χ3v) is 3.27. The van der Waals surface area contributed by atoms with Crippen LogP contribution < -0.4 is 11.0 Å². The Bertz CT molecular complexity index is 359. The summed E-state index contributed by atoms with van der Waals surface area (Å²) in [6, 6.07) is 0. The van der Waals surface area contributed by atoms with E-state index in [1.165, 1.54) is 0 Å². The molecule has 2 heterocycles. The largest absolute Gasteiger partial charge is 0.340 e. The van der Waals surface area contributed by atoms with Gasteiger partial charge in [0.2, 0.25) is 0 Å². The molecular weight excluding hydrogens is 180 g/mol. The Morgan fingerprint density at radius 2 is 2.29 bits per heavy atom. The topological polar surface area (TPSA) is 73.6 Å². The van der Waals surface area contributed by atoms with Gasteiger partial charge in [-0.05, 0) is 18.9 Å². The van der Waals surface area contributed by atoms with Crippen LogP contribution in [0, 0.1) is 5.92 Å². The summed E-state index contributed by atoms with van der Waals surface area (Å²) in [5, 5.41) is 9.82. The van der Waals surface area contributed by atoms with Crippen molar-refractivity contribution in [2.45, 2.75) is 25.7 Å². The predicted octanol–water partition coefficient (Wildman–Crippen LogP) is -0.0149. The van der Waals surface area contributed by atoms with E-state index in [-0.39, 0.29) is 11.1 Å². The summed E-state index contributed by atoms with van der Waals surface area (Å²) in [4.78, 5) is 13.8. The Balaban J connectivity index is 2.40. The van der Waals surface area contributed by atoms with Gasteiger partial charge in [0.25, 0.3) is 0 Å². The number of hydrogen-bond donors (Lipinski definition) is 3. The average Bonchev–Trinajstić information content (AvgIpc) is 2.71. The zero-order valence-electron chi connectivity index (χ0n) is 8.55. The molecular formula is C9H16N4O. The Labute approximate surface area is 82.3 Å². The second-order valence-electron chi connectivity index (χ2n) is 4.26. The molecule has 1 fully saturated rings. The van der Waals surface area contributed by atoms with Crippen molar-refractivity contribution in [1.82, 2.24) is 20.5 Å². The number of H-pyrrole nitrogens is 2. The zero-order chi connectivity index (χ0) is 10.2. The molecule has 1 saturated heterocycles. The van der Waals surface area contributed by atoms with Crippen LogP contribution in [-0.4, -0.2) is 28.3 Å². The van der Waals surface area contributed by atoms with Gasteiger partial charge < -0.3 is 5.32 Å². The third-order valence-electron chi connectivity index (χ3n) is 3.27. The lowest BCUT2D eigenvalue weighted by molar-refractivity contribution is 0.318. The zero-order valence-corrected chi connectivity index (χ0v) is 8.55. The summed E-state index contributed by atoms with van der Waals surface area (Å²) in [7, 11) is 0. The first kappa shape index (κ1) is 9.45. The van der Waals surface area contributed by atoms with E-state index in [1.807, 2.05) is 0 Å². The van der Waals surface area contributed by atoms with E-state index in [9.17, 15) is 4.79 Å². The van der Waals surface area contributed by atoms with Crippen LogP contribution in [0.1, 0.15) is 26.1 Å². The van der Waals surface area contributed by atoms with Crippen LogP contribution in [-0.2, 0) is 5.41 Å². The molecule has 0 amide bonds. The fourth-order valence-corrected chi connectivity index (χ4v) is 2.19. The number of aromatic nitrogens is 3. The van der Waals surface area contributed by atoms with E-state index in [2.05, 4.69) is 34.3 Å². The van der Waals surface area contributed by atoms with E-state index in [4.69, 9.17) is 0 Å². The summed E-state index contributed by atoms with van der Waals surface area (Å²) >= 11 is 0. The van der Waals surface area contributed by atoms with Gasteiger partial charge in [0, 0.05) is 12.0 Å². The van der Waals surface area contributed by atoms with Crippen LogP contribution in [0.3, 0.4) is 0 Å². The number of rotatable bonds is 2. The van der Waals surface area contributed by atoms with Gasteiger partial charge in [0.15, 0.2) is 0 Å². The van der Waals surface area contributed by atoms with Crippen molar-refractivity contribution in [3.05, 3.63) is 16.3 Å². The number of nitrogens with one attached hydrogen (secondary N) is 3. The van der Waals surface area contributed by atoms with Gasteiger partial charge in [0.1, 0.15) is 5.82 Å². The molecule has 0 aliphatic carbocycles. The fourth-order valence-electron chi connectivity index (χ4n) is 2.19. The molecule has 2 rings (SSSR count). The maximum Gasteiger partial charge on any atom is 0.340 e. The second-order valence-corrected chi connectivity index (χ2v) is 4.26. The minimum absolute atomic E-state index is 0.000833. The molecule has 1 aromatic heterocycles. The molecule has 0 spiro atoms. The van der Waals surface area contributed by atoms with Crippen LogP contribution in [0.25, 0.3) is 0 Å². The van der Waals surface area contributed by atoms with Crippen molar-refractivity contribution in [1.29, 1.82) is 0 Å². The smallest absolute Gasteiger partial charge is 0.316 e. The molecule has 5 nitrogen and oxygen atoms in total. The van der Waals surface area contributed by atoms with Crippen molar-refractivity contribution in [3.63, 3.8) is 0 Å². The van der Waals surface area contributed by atoms with E-state index in [0.29, 0.717) is 5.92 Å². The highest BCUT2D eigenvalue weighted by Crippen LogP contribution is 2.34. The highest BCUT2D eigenvalue weighted by atomic mass is 16.1. The Hall–Kier alpha value is -1.10. The molecule has 1 aliphatic rings. The minimum Gasteiger partial charge on any atom is -0.316 e. The Kier molecular flexibility index (Phi) is 2.19. The monoisotopic (exact) mass is 196 g/mol. The highest BCUT2D eigenvalue weighted by Gasteiger charge is 2.41. The maximum atomic E-state index is 11.0. The van der Waals surface area contributed by atoms with Crippen molar-refractivity contribution < 1.29 is 0 Å². The maximum absolute atomic E-state index is 11.0. The molecule has 0 radical (unpaired) electrons. The summed E-state index contributed by atoms with van der Waals surface area (Å²) < 4.78 is 0. The van der Waals surface area contributed by atoms with Crippen molar-refractivity contribution in [3.8, 4) is 0 Å². The molecule has 5 heteroatoms. The third kappa shape index (κ3) is 1.28. The van der Waals surface area contributed by atoms with E-state index in [0.717, 1.165) is 25.3 Å². The normalized spacial score (nSPS) is 27.4. The van der Waals surface area contributed by atoms with Crippen LogP contribution in [0.4, 0.5) is 0 Å². The summed E-state index contributed by atoms with van der Waals surface area (Å²) in [5.41, 5.74) is -0.217. The van der Waals surface area contributed by atoms with Gasteiger partial charge in [-0.1, -0.05) is 13.8 Å². The average molecular weight is 196 g/mol. The van der Waals surface area contributed by atoms with Crippen molar-refractivity contribution in [2.75, 3.05) is 13.1 Å². The van der Waals surface area contributed by atoms with Gasteiger partial charge in [-0.2, -0.15) is 5.10 Å². The van der Waals surface area contributed by atoms with Crippen molar-refractivity contribution in [2.24, 2.45) is 5.92 Å². The first-order valence-electron chi connectivity index (χ1n) is 5.01. The standard InChI is InChI=1S/C9H16N4O/c1-6(2)9(3-4-10-5-9)7-11-8(14)13-12-7/h6,10H,3-5H2,1-2H3,(H2,11,12,13,14). The summed E-state index contributed by atoms with van der Waals surface area (Å²) in [6.45, 7) is 6.22. The molecule has 1 aliphatic heterocycles. The molecule has 1 aromatic rings. The summed E-state index contributed by atoms with van der Waals surface area (Å²) in [5.74, 6) is 1.26. The molecule has 0 aromatic carbocycles. The molecule has 0 bridgehead atoms. The molecule has 0 saturated carbocycles. The minimum atomic E-state index is -0.216. The van der Waals surface area contributed by atoms with Crippen LogP contribution in [0.5, 0.6) is 0 Å². The van der Waals surface area contributed by atoms with E-state index < -0.39 is 0 Å². The van der Waals surface area contributed by atoms with Crippen LogP contribution in [0.15, 0.2) is 4.79 Å². The molecule has 1 unspecified atom stereocenters. The predicted molar refractivity (Wildman–Crippen MR) is 53.2 cm³/mol. The van der Waals surface area contributed by atoms with Gasteiger partial charge in [-0.3, -0.25) is 4.98 Å². The molecule has 14 heavy (non-hydrogen) atoms. The van der Waals surface area contributed by atoms with E-state index in [1.54, 1.807) is 0 Å². The summed E-state index contributed by atoms with van der Waals surface area (Å²) in [6.07, 6.45) is 1.03. The SMILES string of the molecule is CC(C)C1(c2n[nH]c(=O)[nH]2)CCNC1. The van der Waals surface area contributed by atoms with Crippen molar-refractivity contribution >= 4 is 0 Å². The van der Waals surface area contributed by atoms with Gasteiger partial charge in [-0.25, -0.2) is 9.89 Å². The lowest BCUT2D eigenvalue weighted by atomic mass is 9.76. The number of nitrogens with zero attached hydrogens (tertiary/aromatic N) is 1. The van der Waals surface area contributed by atoms with E-state index >= 15 is 0 Å². The lowest BCUT2D eigenvalue weighted by Gasteiger charge is -2.29. The number of hydrogen-bond acceptors (Lipinski definition) is 3. The first-order chi connectivity index (χ1) is 6.65. The second kappa shape index (κ2) is 3.24. The van der Waals surface area contributed by atoms with Gasteiger partial charge in [0.05, 0.1) is 0 Å².